The quantitative estimate of drug-likeness (QED) is 0.480. The summed E-state index contributed by atoms with van der Waals surface area (Å²) in [5.74, 6) is -0.388. The van der Waals surface area contributed by atoms with Gasteiger partial charge in [-0.2, -0.15) is 4.68 Å². The van der Waals surface area contributed by atoms with Gasteiger partial charge in [-0.25, -0.2) is 9.78 Å². The van der Waals surface area contributed by atoms with Crippen molar-refractivity contribution >= 4 is 17.0 Å². The molecule has 0 aliphatic carbocycles. The highest BCUT2D eigenvalue weighted by molar-refractivity contribution is 5.93. The fourth-order valence-electron chi connectivity index (χ4n) is 3.02. The highest BCUT2D eigenvalue weighted by atomic mass is 16.5. The first-order valence-corrected chi connectivity index (χ1v) is 9.09. The zero-order valence-electron chi connectivity index (χ0n) is 15.9. The average Bonchev–Trinajstić information content (AvgIpc) is 3.21. The minimum atomic E-state index is -0.734. The van der Waals surface area contributed by atoms with Crippen molar-refractivity contribution in [2.24, 2.45) is 0 Å². The van der Waals surface area contributed by atoms with E-state index in [2.05, 4.69) is 20.5 Å². The lowest BCUT2D eigenvalue weighted by atomic mass is 10.2. The molecule has 146 valence electrons. The molecule has 4 rings (SSSR count). The second-order valence-corrected chi connectivity index (χ2v) is 6.40. The number of tetrazole rings is 1. The Kier molecular flexibility index (Phi) is 4.86. The number of fused-ring (bicyclic) bond motifs is 1. The second-order valence-electron chi connectivity index (χ2n) is 6.40. The van der Waals surface area contributed by atoms with Gasteiger partial charge in [-0.1, -0.05) is 18.2 Å². The van der Waals surface area contributed by atoms with E-state index in [0.717, 1.165) is 11.4 Å². The smallest absolute Gasteiger partial charge is 0.344 e. The van der Waals surface area contributed by atoms with Crippen molar-refractivity contribution in [1.29, 1.82) is 0 Å². The highest BCUT2D eigenvalue weighted by Gasteiger charge is 2.19. The Bertz CT molecular complexity index is 1250. The van der Waals surface area contributed by atoms with Gasteiger partial charge >= 0.3 is 5.97 Å². The van der Waals surface area contributed by atoms with Crippen LogP contribution in [0.15, 0.2) is 53.5 Å². The first kappa shape index (κ1) is 18.5. The zero-order valence-corrected chi connectivity index (χ0v) is 15.9. The van der Waals surface area contributed by atoms with Gasteiger partial charge in [0.1, 0.15) is 11.2 Å². The summed E-state index contributed by atoms with van der Waals surface area (Å²) in [5.41, 5.74) is 1.61. The number of nitrogens with zero attached hydrogens (tertiary/aromatic N) is 6. The molecular weight excluding hydrogens is 372 g/mol. The van der Waals surface area contributed by atoms with E-state index in [0.29, 0.717) is 23.4 Å². The summed E-state index contributed by atoms with van der Waals surface area (Å²) in [6.07, 6.45) is 1.49. The van der Waals surface area contributed by atoms with E-state index in [9.17, 15) is 9.59 Å². The lowest BCUT2D eigenvalue weighted by Gasteiger charge is -2.11. The molecule has 0 atom stereocenters. The van der Waals surface area contributed by atoms with E-state index in [1.807, 2.05) is 44.2 Å². The van der Waals surface area contributed by atoms with Crippen LogP contribution in [-0.2, 0) is 17.9 Å². The van der Waals surface area contributed by atoms with Crippen LogP contribution in [-0.4, -0.2) is 35.7 Å². The van der Waals surface area contributed by atoms with E-state index in [1.54, 1.807) is 16.7 Å². The number of hydrogen-bond acceptors (Lipinski definition) is 7. The standard InChI is InChI=1S/C20H18N6O3/c1-3-25-11-16(18(27)15-10-9-13(2)21-19(15)25)20(28)29-12-17-22-23-24-26(17)14-7-5-4-6-8-14/h4-11H,3,12H2,1-2H3. The Hall–Kier alpha value is -3.88. The number of rotatable bonds is 5. The largest absolute Gasteiger partial charge is 0.454 e. The number of benzene rings is 1. The molecule has 0 saturated heterocycles. The Morgan fingerprint density at radius 1 is 1.14 bits per heavy atom. The van der Waals surface area contributed by atoms with E-state index in [4.69, 9.17) is 4.74 Å². The maximum atomic E-state index is 12.8. The molecule has 0 aliphatic rings. The van der Waals surface area contributed by atoms with Gasteiger partial charge in [0.25, 0.3) is 0 Å². The molecule has 0 amide bonds. The van der Waals surface area contributed by atoms with E-state index >= 15 is 0 Å². The topological polar surface area (TPSA) is 105 Å². The van der Waals surface area contributed by atoms with Gasteiger partial charge in [0.2, 0.25) is 5.43 Å². The Morgan fingerprint density at radius 3 is 2.69 bits per heavy atom. The molecule has 0 radical (unpaired) electrons. The number of carbonyl (C=O) groups is 1. The van der Waals surface area contributed by atoms with E-state index in [-0.39, 0.29) is 12.2 Å². The predicted octanol–water partition coefficient (Wildman–Crippen LogP) is 2.06. The molecule has 3 heterocycles. The molecule has 0 saturated carbocycles. The van der Waals surface area contributed by atoms with Crippen LogP contribution >= 0.6 is 0 Å². The maximum Gasteiger partial charge on any atom is 0.344 e. The molecule has 0 aliphatic heterocycles. The van der Waals surface area contributed by atoms with Crippen LogP contribution in [0.25, 0.3) is 16.7 Å². The van der Waals surface area contributed by atoms with Crippen LogP contribution < -0.4 is 5.43 Å². The summed E-state index contributed by atoms with van der Waals surface area (Å²) in [7, 11) is 0. The monoisotopic (exact) mass is 390 g/mol. The lowest BCUT2D eigenvalue weighted by Crippen LogP contribution is -2.22. The third-order valence-corrected chi connectivity index (χ3v) is 4.49. The first-order chi connectivity index (χ1) is 14.1. The van der Waals surface area contributed by atoms with Gasteiger partial charge in [0.05, 0.1) is 11.1 Å². The van der Waals surface area contributed by atoms with Gasteiger partial charge in [-0.3, -0.25) is 4.79 Å². The molecule has 4 aromatic rings. The molecule has 0 spiro atoms. The number of aryl methyl sites for hydroxylation is 2. The molecule has 9 heteroatoms. The van der Waals surface area contributed by atoms with Crippen molar-refractivity contribution in [3.8, 4) is 5.69 Å². The van der Waals surface area contributed by atoms with Crippen LogP contribution in [0.1, 0.15) is 28.8 Å². The minimum absolute atomic E-state index is 0.0521. The second kappa shape index (κ2) is 7.63. The predicted molar refractivity (Wildman–Crippen MR) is 105 cm³/mol. The summed E-state index contributed by atoms with van der Waals surface area (Å²) in [5, 5.41) is 11.8. The fraction of sp³-hybridized carbons (Fsp3) is 0.200. The highest BCUT2D eigenvalue weighted by Crippen LogP contribution is 2.13. The number of pyridine rings is 2. The van der Waals surface area contributed by atoms with Gasteiger partial charge < -0.3 is 9.30 Å². The van der Waals surface area contributed by atoms with Gasteiger partial charge in [-0.15, -0.1) is 5.10 Å². The average molecular weight is 390 g/mol. The lowest BCUT2D eigenvalue weighted by molar-refractivity contribution is 0.0457. The fourth-order valence-corrected chi connectivity index (χ4v) is 3.02. The van der Waals surface area contributed by atoms with Crippen molar-refractivity contribution in [3.05, 3.63) is 76.0 Å². The molecule has 29 heavy (non-hydrogen) atoms. The molecule has 0 fully saturated rings. The summed E-state index contributed by atoms with van der Waals surface area (Å²) in [6, 6.07) is 12.7. The summed E-state index contributed by atoms with van der Waals surface area (Å²) in [6.45, 7) is 4.15. The van der Waals surface area contributed by atoms with Crippen LogP contribution in [0.2, 0.25) is 0 Å². The SMILES string of the molecule is CCn1cc(C(=O)OCc2nnnn2-c2ccccc2)c(=O)c2ccc(C)nc21. The molecule has 0 N–H and O–H groups in total. The normalized spacial score (nSPS) is 11.0. The van der Waals surface area contributed by atoms with Gasteiger partial charge in [-0.05, 0) is 48.5 Å². The Balaban J connectivity index is 1.63. The number of para-hydroxylation sites is 1. The number of hydrogen-bond donors (Lipinski definition) is 0. The van der Waals surface area contributed by atoms with Crippen molar-refractivity contribution in [2.75, 3.05) is 0 Å². The van der Waals surface area contributed by atoms with Crippen LogP contribution in [0.3, 0.4) is 0 Å². The van der Waals surface area contributed by atoms with Crippen LogP contribution in [0.4, 0.5) is 0 Å². The molecule has 3 aromatic heterocycles. The van der Waals surface area contributed by atoms with Gasteiger partial charge in [0, 0.05) is 18.4 Å². The molecule has 9 nitrogen and oxygen atoms in total. The first-order valence-electron chi connectivity index (χ1n) is 9.09. The number of aromatic nitrogens is 6. The molecule has 0 bridgehead atoms. The van der Waals surface area contributed by atoms with Crippen LogP contribution in [0.5, 0.6) is 0 Å². The zero-order chi connectivity index (χ0) is 20.4. The van der Waals surface area contributed by atoms with Crippen molar-refractivity contribution in [1.82, 2.24) is 29.8 Å². The summed E-state index contributed by atoms with van der Waals surface area (Å²) >= 11 is 0. The van der Waals surface area contributed by atoms with Gasteiger partial charge in [0.15, 0.2) is 12.4 Å². The Morgan fingerprint density at radius 2 is 1.93 bits per heavy atom. The minimum Gasteiger partial charge on any atom is -0.454 e. The Labute approximate surface area is 165 Å². The van der Waals surface area contributed by atoms with Crippen molar-refractivity contribution in [2.45, 2.75) is 27.0 Å². The number of ether oxygens (including phenoxy) is 1. The number of esters is 1. The molecule has 1 aromatic carbocycles. The number of carbonyl (C=O) groups excluding carboxylic acids is 1. The van der Waals surface area contributed by atoms with Crippen molar-refractivity contribution < 1.29 is 9.53 Å². The maximum absolute atomic E-state index is 12.8. The molecule has 0 unspecified atom stereocenters. The van der Waals surface area contributed by atoms with Crippen molar-refractivity contribution in [3.63, 3.8) is 0 Å². The van der Waals surface area contributed by atoms with E-state index in [1.165, 1.54) is 10.9 Å². The molecular formula is C20H18N6O3. The summed E-state index contributed by atoms with van der Waals surface area (Å²) in [4.78, 5) is 29.9. The van der Waals surface area contributed by atoms with Crippen LogP contribution in [0, 0.1) is 6.92 Å². The summed E-state index contributed by atoms with van der Waals surface area (Å²) < 4.78 is 8.59. The van der Waals surface area contributed by atoms with E-state index < -0.39 is 11.4 Å². The third-order valence-electron chi connectivity index (χ3n) is 4.49. The third kappa shape index (κ3) is 3.49.